The lowest BCUT2D eigenvalue weighted by atomic mass is 10.3. The highest BCUT2D eigenvalue weighted by Gasteiger charge is 2.03. The van der Waals surface area contributed by atoms with E-state index in [-0.39, 0.29) is 0 Å². The monoisotopic (exact) mass is 266 g/mol. The fourth-order valence-electron chi connectivity index (χ4n) is 1.65. The van der Waals surface area contributed by atoms with Crippen molar-refractivity contribution < 1.29 is 0 Å². The quantitative estimate of drug-likeness (QED) is 0.771. The van der Waals surface area contributed by atoms with Crippen LogP contribution < -0.4 is 0 Å². The van der Waals surface area contributed by atoms with E-state index in [2.05, 4.69) is 34.4 Å². The fourth-order valence-corrected chi connectivity index (χ4v) is 2.53. The van der Waals surface area contributed by atoms with Crippen LogP contribution in [0.1, 0.15) is 10.6 Å². The Morgan fingerprint density at radius 3 is 2.88 bits per heavy atom. The molecule has 0 radical (unpaired) electrons. The second-order valence-corrected chi connectivity index (χ2v) is 5.44. The minimum Gasteiger partial charge on any atom is -0.300 e. The van der Waals surface area contributed by atoms with Crippen LogP contribution in [-0.2, 0) is 13.0 Å². The van der Waals surface area contributed by atoms with Crippen molar-refractivity contribution in [2.75, 3.05) is 13.6 Å². The highest BCUT2D eigenvalue weighted by molar-refractivity contribution is 7.09. The van der Waals surface area contributed by atoms with E-state index in [1.54, 1.807) is 6.07 Å². The molecule has 0 spiro atoms. The van der Waals surface area contributed by atoms with Gasteiger partial charge in [0.2, 0.25) is 0 Å². The number of aromatic nitrogens is 1. The van der Waals surface area contributed by atoms with Crippen LogP contribution in [0.2, 0.25) is 5.15 Å². The molecule has 0 bridgehead atoms. The Balaban J connectivity index is 1.83. The van der Waals surface area contributed by atoms with Gasteiger partial charge in [0.05, 0.1) is 5.69 Å². The summed E-state index contributed by atoms with van der Waals surface area (Å²) < 4.78 is 0. The van der Waals surface area contributed by atoms with Gasteiger partial charge in [-0.25, -0.2) is 4.98 Å². The molecule has 0 saturated carbocycles. The van der Waals surface area contributed by atoms with E-state index in [9.17, 15) is 0 Å². The number of rotatable bonds is 5. The standard InChI is InChI=1S/C13H15ClN2S/c1-16(8-7-12-5-3-9-17-12)10-11-4-2-6-13(14)15-11/h2-6,9H,7-8,10H2,1H3. The van der Waals surface area contributed by atoms with Crippen molar-refractivity contribution >= 4 is 22.9 Å². The van der Waals surface area contributed by atoms with Gasteiger partial charge in [0.25, 0.3) is 0 Å². The van der Waals surface area contributed by atoms with Crippen LogP contribution >= 0.6 is 22.9 Å². The van der Waals surface area contributed by atoms with Crippen LogP contribution in [0.25, 0.3) is 0 Å². The van der Waals surface area contributed by atoms with Gasteiger partial charge in [0.15, 0.2) is 0 Å². The third kappa shape index (κ3) is 4.11. The molecular formula is C13H15ClN2S. The van der Waals surface area contributed by atoms with Crippen LogP contribution in [0.3, 0.4) is 0 Å². The van der Waals surface area contributed by atoms with Crippen molar-refractivity contribution in [2.45, 2.75) is 13.0 Å². The topological polar surface area (TPSA) is 16.1 Å². The first-order valence-electron chi connectivity index (χ1n) is 5.56. The van der Waals surface area contributed by atoms with Gasteiger partial charge in [0, 0.05) is 18.0 Å². The van der Waals surface area contributed by atoms with Gasteiger partial charge < -0.3 is 4.90 Å². The van der Waals surface area contributed by atoms with Crippen molar-refractivity contribution in [1.82, 2.24) is 9.88 Å². The largest absolute Gasteiger partial charge is 0.300 e. The zero-order chi connectivity index (χ0) is 12.1. The van der Waals surface area contributed by atoms with Crippen LogP contribution in [-0.4, -0.2) is 23.5 Å². The SMILES string of the molecule is CN(CCc1cccs1)Cc1cccc(Cl)n1. The predicted octanol–water partition coefficient (Wildman–Crippen LogP) is 3.47. The number of halogens is 1. The molecule has 0 aliphatic heterocycles. The summed E-state index contributed by atoms with van der Waals surface area (Å²) in [4.78, 5) is 7.97. The molecule has 0 fully saturated rings. The normalized spacial score (nSPS) is 11.0. The van der Waals surface area contributed by atoms with E-state index < -0.39 is 0 Å². The van der Waals surface area contributed by atoms with Gasteiger partial charge in [-0.05, 0) is 37.0 Å². The smallest absolute Gasteiger partial charge is 0.129 e. The zero-order valence-electron chi connectivity index (χ0n) is 9.77. The third-order valence-corrected chi connectivity index (χ3v) is 3.67. The maximum atomic E-state index is 5.86. The highest BCUT2D eigenvalue weighted by Crippen LogP contribution is 2.11. The van der Waals surface area contributed by atoms with E-state index in [1.165, 1.54) is 4.88 Å². The summed E-state index contributed by atoms with van der Waals surface area (Å²) in [6.45, 7) is 1.88. The Kier molecular flexibility index (Phi) is 4.54. The van der Waals surface area contributed by atoms with E-state index >= 15 is 0 Å². The Labute approximate surface area is 111 Å². The lowest BCUT2D eigenvalue weighted by molar-refractivity contribution is 0.328. The van der Waals surface area contributed by atoms with E-state index in [0.29, 0.717) is 5.15 Å². The van der Waals surface area contributed by atoms with Crippen molar-refractivity contribution in [3.8, 4) is 0 Å². The first-order valence-corrected chi connectivity index (χ1v) is 6.82. The van der Waals surface area contributed by atoms with Crippen LogP contribution in [0, 0.1) is 0 Å². The van der Waals surface area contributed by atoms with Crippen molar-refractivity contribution in [3.05, 3.63) is 51.4 Å². The summed E-state index contributed by atoms with van der Waals surface area (Å²) in [5.74, 6) is 0. The molecule has 2 rings (SSSR count). The van der Waals surface area contributed by atoms with Gasteiger partial charge in [-0.1, -0.05) is 23.7 Å². The lowest BCUT2D eigenvalue weighted by Crippen LogP contribution is -2.21. The molecule has 0 aliphatic rings. The molecule has 0 amide bonds. The molecule has 0 aromatic carbocycles. The maximum Gasteiger partial charge on any atom is 0.129 e. The zero-order valence-corrected chi connectivity index (χ0v) is 11.3. The molecule has 0 N–H and O–H groups in total. The summed E-state index contributed by atoms with van der Waals surface area (Å²) in [6.07, 6.45) is 1.09. The molecule has 0 aliphatic carbocycles. The molecule has 2 heterocycles. The second-order valence-electron chi connectivity index (χ2n) is 4.02. The third-order valence-electron chi connectivity index (χ3n) is 2.52. The number of hydrogen-bond acceptors (Lipinski definition) is 3. The Bertz CT molecular complexity index is 456. The number of likely N-dealkylation sites (N-methyl/N-ethyl adjacent to an activating group) is 1. The van der Waals surface area contributed by atoms with Crippen LogP contribution in [0.4, 0.5) is 0 Å². The van der Waals surface area contributed by atoms with E-state index in [4.69, 9.17) is 11.6 Å². The molecular weight excluding hydrogens is 252 g/mol. The van der Waals surface area contributed by atoms with Crippen molar-refractivity contribution in [2.24, 2.45) is 0 Å². The average Bonchev–Trinajstić information content (AvgIpc) is 2.79. The van der Waals surface area contributed by atoms with Crippen LogP contribution in [0.5, 0.6) is 0 Å². The summed E-state index contributed by atoms with van der Waals surface area (Å²) in [5.41, 5.74) is 1.02. The minimum atomic E-state index is 0.564. The van der Waals surface area contributed by atoms with Gasteiger partial charge in [-0.2, -0.15) is 0 Å². The molecule has 0 atom stereocenters. The van der Waals surface area contributed by atoms with Gasteiger partial charge in [-0.15, -0.1) is 11.3 Å². The number of thiophene rings is 1. The van der Waals surface area contributed by atoms with Gasteiger partial charge >= 0.3 is 0 Å². The second kappa shape index (κ2) is 6.15. The molecule has 2 nitrogen and oxygen atoms in total. The summed E-state index contributed by atoms with van der Waals surface area (Å²) in [7, 11) is 2.11. The summed E-state index contributed by atoms with van der Waals surface area (Å²) in [6, 6.07) is 10.0. The Hall–Kier alpha value is -0.900. The molecule has 0 unspecified atom stereocenters. The number of pyridine rings is 1. The molecule has 2 aromatic heterocycles. The summed E-state index contributed by atoms with van der Waals surface area (Å²) >= 11 is 7.67. The Morgan fingerprint density at radius 1 is 1.29 bits per heavy atom. The van der Waals surface area contributed by atoms with Crippen molar-refractivity contribution in [1.29, 1.82) is 0 Å². The van der Waals surface area contributed by atoms with E-state index in [0.717, 1.165) is 25.2 Å². The van der Waals surface area contributed by atoms with Crippen LogP contribution in [0.15, 0.2) is 35.7 Å². The maximum absolute atomic E-state index is 5.86. The fraction of sp³-hybridized carbons (Fsp3) is 0.308. The predicted molar refractivity (Wildman–Crippen MR) is 73.6 cm³/mol. The molecule has 2 aromatic rings. The molecule has 0 saturated heterocycles. The van der Waals surface area contributed by atoms with Gasteiger partial charge in [0.1, 0.15) is 5.15 Å². The first kappa shape index (κ1) is 12.6. The molecule has 4 heteroatoms. The lowest BCUT2D eigenvalue weighted by Gasteiger charge is -2.15. The number of hydrogen-bond donors (Lipinski definition) is 0. The Morgan fingerprint density at radius 2 is 2.18 bits per heavy atom. The van der Waals surface area contributed by atoms with Crippen molar-refractivity contribution in [3.63, 3.8) is 0 Å². The molecule has 90 valence electrons. The van der Waals surface area contributed by atoms with E-state index in [1.807, 2.05) is 23.5 Å². The highest BCUT2D eigenvalue weighted by atomic mass is 35.5. The minimum absolute atomic E-state index is 0.564. The van der Waals surface area contributed by atoms with Gasteiger partial charge in [-0.3, -0.25) is 0 Å². The first-order chi connectivity index (χ1) is 8.24. The summed E-state index contributed by atoms with van der Waals surface area (Å²) in [5, 5.41) is 2.68. The average molecular weight is 267 g/mol. The molecule has 17 heavy (non-hydrogen) atoms. The number of nitrogens with zero attached hydrogens (tertiary/aromatic N) is 2.